The number of hydrogen-bond acceptors (Lipinski definition) is 3. The molecule has 0 N–H and O–H groups in total. The summed E-state index contributed by atoms with van der Waals surface area (Å²) in [6.07, 6.45) is 5.05. The highest BCUT2D eigenvalue weighted by molar-refractivity contribution is 6.08. The maximum atomic E-state index is 12.1. The minimum absolute atomic E-state index is 0.0341. The molecule has 2 rings (SSSR count). The Balaban J connectivity index is 2.25. The van der Waals surface area contributed by atoms with Gasteiger partial charge in [-0.25, -0.2) is 0 Å². The number of carbonyl (C=O) groups excluding carboxylic acids is 1. The smallest absolute Gasteiger partial charge is 0.186 e. The molecular weight excluding hydrogens is 238 g/mol. The van der Waals surface area contributed by atoms with Crippen molar-refractivity contribution in [3.05, 3.63) is 66.0 Å². The van der Waals surface area contributed by atoms with Crippen molar-refractivity contribution in [2.75, 3.05) is 7.11 Å². The third-order valence-corrected chi connectivity index (χ3v) is 2.84. The van der Waals surface area contributed by atoms with Crippen molar-refractivity contribution in [2.24, 2.45) is 0 Å². The van der Waals surface area contributed by atoms with E-state index in [1.807, 2.05) is 31.2 Å². The lowest BCUT2D eigenvalue weighted by Crippen LogP contribution is -1.96. The first-order chi connectivity index (χ1) is 9.20. The van der Waals surface area contributed by atoms with Crippen LogP contribution >= 0.6 is 0 Å². The summed E-state index contributed by atoms with van der Waals surface area (Å²) in [6, 6.07) is 10.9. The fourth-order valence-corrected chi connectivity index (χ4v) is 1.75. The molecule has 0 atom stereocenters. The normalized spacial score (nSPS) is 11.2. The molecule has 0 radical (unpaired) electrons. The lowest BCUT2D eigenvalue weighted by Gasteiger charge is -2.03. The Kier molecular flexibility index (Phi) is 4.08. The van der Waals surface area contributed by atoms with Gasteiger partial charge in [-0.2, -0.15) is 0 Å². The largest absolute Gasteiger partial charge is 0.497 e. The van der Waals surface area contributed by atoms with E-state index in [2.05, 4.69) is 4.98 Å². The molecule has 0 unspecified atom stereocenters. The van der Waals surface area contributed by atoms with Crippen molar-refractivity contribution < 1.29 is 9.53 Å². The second-order valence-corrected chi connectivity index (χ2v) is 4.16. The van der Waals surface area contributed by atoms with Gasteiger partial charge >= 0.3 is 0 Å². The van der Waals surface area contributed by atoms with E-state index in [-0.39, 0.29) is 5.78 Å². The molecule has 2 aromatic rings. The Morgan fingerprint density at radius 2 is 1.89 bits per heavy atom. The Bertz CT molecular complexity index is 603. The van der Waals surface area contributed by atoms with Crippen LogP contribution < -0.4 is 4.74 Å². The first kappa shape index (κ1) is 13.0. The van der Waals surface area contributed by atoms with E-state index < -0.39 is 0 Å². The van der Waals surface area contributed by atoms with Crippen molar-refractivity contribution in [1.82, 2.24) is 4.98 Å². The second kappa shape index (κ2) is 5.96. The van der Waals surface area contributed by atoms with E-state index in [4.69, 9.17) is 4.74 Å². The van der Waals surface area contributed by atoms with Crippen LogP contribution in [0.5, 0.6) is 5.75 Å². The summed E-state index contributed by atoms with van der Waals surface area (Å²) < 4.78 is 5.11. The number of aromatic nitrogens is 1. The standard InChI is InChI=1S/C16H15NO2/c1-12(13-6-8-17-9-7-13)10-16(18)14-4-3-5-15(11-14)19-2/h3-11H,1-2H3. The number of benzene rings is 1. The number of ketones is 1. The molecule has 0 fully saturated rings. The predicted octanol–water partition coefficient (Wildman–Crippen LogP) is 3.38. The highest BCUT2D eigenvalue weighted by Gasteiger charge is 2.05. The number of carbonyl (C=O) groups is 1. The molecule has 19 heavy (non-hydrogen) atoms. The van der Waals surface area contributed by atoms with Crippen LogP contribution in [0.3, 0.4) is 0 Å². The number of rotatable bonds is 4. The van der Waals surface area contributed by atoms with Gasteiger partial charge in [-0.15, -0.1) is 0 Å². The molecule has 0 saturated heterocycles. The van der Waals surface area contributed by atoms with Crippen LogP contribution in [0.2, 0.25) is 0 Å². The van der Waals surface area contributed by atoms with E-state index >= 15 is 0 Å². The maximum Gasteiger partial charge on any atom is 0.186 e. The van der Waals surface area contributed by atoms with Gasteiger partial charge in [-0.1, -0.05) is 12.1 Å². The van der Waals surface area contributed by atoms with Crippen molar-refractivity contribution in [2.45, 2.75) is 6.92 Å². The molecular formula is C16H15NO2. The van der Waals surface area contributed by atoms with Crippen LogP contribution in [0.15, 0.2) is 54.9 Å². The highest BCUT2D eigenvalue weighted by atomic mass is 16.5. The predicted molar refractivity (Wildman–Crippen MR) is 75.2 cm³/mol. The molecule has 1 aromatic heterocycles. The van der Waals surface area contributed by atoms with Crippen LogP contribution in [0.4, 0.5) is 0 Å². The lowest BCUT2D eigenvalue weighted by molar-refractivity contribution is 0.104. The van der Waals surface area contributed by atoms with Gasteiger partial charge in [-0.3, -0.25) is 9.78 Å². The molecule has 0 spiro atoms. The molecule has 1 heterocycles. The summed E-state index contributed by atoms with van der Waals surface area (Å²) in [5, 5.41) is 0. The minimum atomic E-state index is -0.0341. The number of hydrogen-bond donors (Lipinski definition) is 0. The van der Waals surface area contributed by atoms with E-state index in [1.54, 1.807) is 37.7 Å². The summed E-state index contributed by atoms with van der Waals surface area (Å²) in [5.74, 6) is 0.647. The summed E-state index contributed by atoms with van der Waals surface area (Å²) in [7, 11) is 1.58. The molecule has 3 nitrogen and oxygen atoms in total. The summed E-state index contributed by atoms with van der Waals surface area (Å²) in [5.41, 5.74) is 2.52. The van der Waals surface area contributed by atoms with Gasteiger partial charge in [0, 0.05) is 18.0 Å². The van der Waals surface area contributed by atoms with Gasteiger partial charge in [0.15, 0.2) is 5.78 Å². The van der Waals surface area contributed by atoms with E-state index in [0.29, 0.717) is 11.3 Å². The van der Waals surface area contributed by atoms with Gasteiger partial charge in [0.1, 0.15) is 5.75 Å². The summed E-state index contributed by atoms with van der Waals surface area (Å²) >= 11 is 0. The Morgan fingerprint density at radius 1 is 1.16 bits per heavy atom. The molecule has 96 valence electrons. The van der Waals surface area contributed by atoms with Gasteiger partial charge in [0.25, 0.3) is 0 Å². The molecule has 3 heteroatoms. The number of nitrogens with zero attached hydrogens (tertiary/aromatic N) is 1. The van der Waals surface area contributed by atoms with Crippen molar-refractivity contribution in [1.29, 1.82) is 0 Å². The first-order valence-electron chi connectivity index (χ1n) is 5.98. The molecule has 0 aliphatic heterocycles. The fourth-order valence-electron chi connectivity index (χ4n) is 1.75. The lowest BCUT2D eigenvalue weighted by atomic mass is 10.0. The second-order valence-electron chi connectivity index (χ2n) is 4.16. The zero-order chi connectivity index (χ0) is 13.7. The van der Waals surface area contributed by atoms with E-state index in [9.17, 15) is 4.79 Å². The zero-order valence-corrected chi connectivity index (χ0v) is 11.0. The average Bonchev–Trinajstić information content (AvgIpc) is 2.48. The third-order valence-electron chi connectivity index (χ3n) is 2.84. The van der Waals surface area contributed by atoms with E-state index in [0.717, 1.165) is 11.1 Å². The van der Waals surface area contributed by atoms with Crippen LogP contribution in [-0.4, -0.2) is 17.9 Å². The van der Waals surface area contributed by atoms with Crippen LogP contribution in [0, 0.1) is 0 Å². The fraction of sp³-hybridized carbons (Fsp3) is 0.125. The quantitative estimate of drug-likeness (QED) is 0.619. The number of pyridine rings is 1. The Morgan fingerprint density at radius 3 is 2.58 bits per heavy atom. The SMILES string of the molecule is COc1cccc(C(=O)C=C(C)c2ccncc2)c1. The highest BCUT2D eigenvalue weighted by Crippen LogP contribution is 2.17. The van der Waals surface area contributed by atoms with E-state index in [1.165, 1.54) is 0 Å². The van der Waals surface area contributed by atoms with Crippen LogP contribution in [0.1, 0.15) is 22.8 Å². The zero-order valence-electron chi connectivity index (χ0n) is 11.0. The molecule has 0 aliphatic rings. The van der Waals surface area contributed by atoms with Crippen LogP contribution in [0.25, 0.3) is 5.57 Å². The summed E-state index contributed by atoms with van der Waals surface area (Å²) in [4.78, 5) is 16.1. The monoisotopic (exact) mass is 253 g/mol. The Labute approximate surface area is 112 Å². The van der Waals surface area contributed by atoms with Gasteiger partial charge in [-0.05, 0) is 48.4 Å². The van der Waals surface area contributed by atoms with Crippen molar-refractivity contribution in [3.8, 4) is 5.75 Å². The molecule has 0 aliphatic carbocycles. The maximum absolute atomic E-state index is 12.1. The number of ether oxygens (including phenoxy) is 1. The van der Waals surface area contributed by atoms with Crippen molar-refractivity contribution in [3.63, 3.8) is 0 Å². The van der Waals surface area contributed by atoms with Gasteiger partial charge < -0.3 is 4.74 Å². The topological polar surface area (TPSA) is 39.2 Å². The average molecular weight is 253 g/mol. The third kappa shape index (κ3) is 3.28. The molecule has 0 amide bonds. The Hall–Kier alpha value is -2.42. The molecule has 1 aromatic carbocycles. The van der Waals surface area contributed by atoms with Gasteiger partial charge in [0.2, 0.25) is 0 Å². The van der Waals surface area contributed by atoms with Crippen molar-refractivity contribution >= 4 is 11.4 Å². The van der Waals surface area contributed by atoms with Crippen LogP contribution in [-0.2, 0) is 0 Å². The minimum Gasteiger partial charge on any atom is -0.497 e. The number of methoxy groups -OCH3 is 1. The number of allylic oxidation sites excluding steroid dienone is 2. The van der Waals surface area contributed by atoms with Gasteiger partial charge in [0.05, 0.1) is 7.11 Å². The molecule has 0 saturated carbocycles. The first-order valence-corrected chi connectivity index (χ1v) is 5.98. The summed E-state index contributed by atoms with van der Waals surface area (Å²) in [6.45, 7) is 1.91. The molecule has 0 bridgehead atoms.